The third kappa shape index (κ3) is 4.90. The van der Waals surface area contributed by atoms with Crippen LogP contribution in [0.4, 0.5) is 13.2 Å². The Morgan fingerprint density at radius 2 is 1.79 bits per heavy atom. The van der Waals surface area contributed by atoms with Gasteiger partial charge in [0, 0.05) is 0 Å². The number of alkyl halides is 3. The van der Waals surface area contributed by atoms with Gasteiger partial charge in [0.05, 0.1) is 13.7 Å². The fraction of sp³-hybridized carbons (Fsp3) is 0.462. The van der Waals surface area contributed by atoms with Gasteiger partial charge in [0.15, 0.2) is 0 Å². The van der Waals surface area contributed by atoms with Crippen LogP contribution in [0.25, 0.3) is 0 Å². The van der Waals surface area contributed by atoms with Gasteiger partial charge in [0.1, 0.15) is 6.04 Å². The van der Waals surface area contributed by atoms with Gasteiger partial charge >= 0.3 is 12.1 Å². The van der Waals surface area contributed by atoms with Crippen LogP contribution in [0.15, 0.2) is 18.2 Å². The summed E-state index contributed by atoms with van der Waals surface area (Å²) in [5, 5.41) is 2.18. The summed E-state index contributed by atoms with van der Waals surface area (Å²) in [7, 11) is 1.15. The highest BCUT2D eigenvalue weighted by Gasteiger charge is 2.31. The van der Waals surface area contributed by atoms with Crippen LogP contribution in [-0.2, 0) is 9.53 Å². The highest BCUT2D eigenvalue weighted by molar-refractivity contribution is 5.77. The van der Waals surface area contributed by atoms with E-state index < -0.39 is 24.7 Å². The molecule has 0 aliphatic rings. The molecule has 0 aromatic heterocycles. The molecule has 1 atom stereocenters. The number of rotatable bonds is 4. The van der Waals surface area contributed by atoms with Crippen LogP contribution < -0.4 is 5.32 Å². The lowest BCUT2D eigenvalue weighted by Gasteiger charge is -2.19. The third-order valence-corrected chi connectivity index (χ3v) is 2.52. The van der Waals surface area contributed by atoms with E-state index in [0.717, 1.165) is 18.2 Å². The van der Waals surface area contributed by atoms with E-state index in [0.29, 0.717) is 5.56 Å². The number of halogens is 3. The Morgan fingerprint density at radius 3 is 2.21 bits per heavy atom. The first-order valence-corrected chi connectivity index (χ1v) is 5.69. The Hall–Kier alpha value is -1.56. The Labute approximate surface area is 109 Å². The highest BCUT2D eigenvalue weighted by atomic mass is 19.4. The van der Waals surface area contributed by atoms with Crippen molar-refractivity contribution < 1.29 is 22.7 Å². The molecule has 0 fully saturated rings. The second-order valence-electron chi connectivity index (χ2n) is 4.37. The molecule has 106 valence electrons. The van der Waals surface area contributed by atoms with Gasteiger partial charge in [-0.2, -0.15) is 13.2 Å². The van der Waals surface area contributed by atoms with Gasteiger partial charge < -0.3 is 4.74 Å². The Morgan fingerprint density at radius 1 is 1.26 bits per heavy atom. The number of carbonyl (C=O) groups excluding carboxylic acids is 1. The van der Waals surface area contributed by atoms with E-state index in [2.05, 4.69) is 10.1 Å². The zero-order chi connectivity index (χ0) is 14.6. The van der Waals surface area contributed by atoms with Crippen LogP contribution in [0.2, 0.25) is 0 Å². The molecule has 0 saturated heterocycles. The minimum atomic E-state index is -4.38. The van der Waals surface area contributed by atoms with Crippen LogP contribution in [-0.4, -0.2) is 25.8 Å². The van der Waals surface area contributed by atoms with E-state index in [1.54, 1.807) is 12.1 Å². The number of benzene rings is 1. The molecule has 0 aliphatic heterocycles. The van der Waals surface area contributed by atoms with E-state index >= 15 is 0 Å². The van der Waals surface area contributed by atoms with Crippen molar-refractivity contribution in [2.75, 3.05) is 13.7 Å². The number of carbonyl (C=O) groups is 1. The summed E-state index contributed by atoms with van der Waals surface area (Å²) in [5.41, 5.74) is 2.21. The molecule has 3 nitrogen and oxygen atoms in total. The van der Waals surface area contributed by atoms with Crippen LogP contribution in [0.3, 0.4) is 0 Å². The second-order valence-corrected chi connectivity index (χ2v) is 4.37. The number of esters is 1. The minimum absolute atomic E-state index is 0.466. The average molecular weight is 275 g/mol. The standard InChI is InChI=1S/C13H16F3NO2/c1-8-4-9(2)6-10(5-8)11(12(18)19-3)17-7-13(14,15)16/h4-6,11,17H,7H2,1-3H3. The summed E-state index contributed by atoms with van der Waals surface area (Å²) >= 11 is 0. The predicted molar refractivity (Wildman–Crippen MR) is 64.7 cm³/mol. The number of nitrogens with one attached hydrogen (secondary N) is 1. The number of hydrogen-bond acceptors (Lipinski definition) is 3. The number of hydrogen-bond donors (Lipinski definition) is 1. The zero-order valence-corrected chi connectivity index (χ0v) is 11.0. The van der Waals surface area contributed by atoms with Gasteiger partial charge in [-0.05, 0) is 19.4 Å². The fourth-order valence-corrected chi connectivity index (χ4v) is 1.85. The summed E-state index contributed by atoms with van der Waals surface area (Å²) < 4.78 is 41.3. The van der Waals surface area contributed by atoms with Crippen LogP contribution >= 0.6 is 0 Å². The molecule has 1 N–H and O–H groups in total. The van der Waals surface area contributed by atoms with Crippen LogP contribution in [0, 0.1) is 13.8 Å². The van der Waals surface area contributed by atoms with Gasteiger partial charge in [-0.1, -0.05) is 29.3 Å². The van der Waals surface area contributed by atoms with Crippen molar-refractivity contribution in [3.63, 3.8) is 0 Å². The summed E-state index contributed by atoms with van der Waals surface area (Å²) in [6.07, 6.45) is -4.38. The molecule has 0 radical (unpaired) electrons. The van der Waals surface area contributed by atoms with E-state index in [4.69, 9.17) is 0 Å². The Kier molecular flexibility index (Phi) is 4.94. The van der Waals surface area contributed by atoms with Gasteiger partial charge in [-0.15, -0.1) is 0 Å². The molecule has 1 unspecified atom stereocenters. The number of methoxy groups -OCH3 is 1. The number of ether oxygens (including phenoxy) is 1. The molecule has 0 amide bonds. The maximum absolute atomic E-state index is 12.2. The average Bonchev–Trinajstić information content (AvgIpc) is 2.26. The monoisotopic (exact) mass is 275 g/mol. The molecular weight excluding hydrogens is 259 g/mol. The Bertz CT molecular complexity index is 437. The van der Waals surface area contributed by atoms with Gasteiger partial charge in [0.2, 0.25) is 0 Å². The van der Waals surface area contributed by atoms with Crippen molar-refractivity contribution in [1.29, 1.82) is 0 Å². The minimum Gasteiger partial charge on any atom is -0.468 e. The molecule has 19 heavy (non-hydrogen) atoms. The van der Waals surface area contributed by atoms with E-state index in [-0.39, 0.29) is 0 Å². The molecule has 6 heteroatoms. The van der Waals surface area contributed by atoms with Gasteiger partial charge in [-0.3, -0.25) is 5.32 Å². The van der Waals surface area contributed by atoms with E-state index in [1.165, 1.54) is 0 Å². The normalized spacial score (nSPS) is 13.2. The summed E-state index contributed by atoms with van der Waals surface area (Å²) in [6, 6.07) is 4.09. The fourth-order valence-electron chi connectivity index (χ4n) is 1.85. The maximum Gasteiger partial charge on any atom is 0.401 e. The first-order chi connectivity index (χ1) is 8.73. The molecule has 0 heterocycles. The molecule has 0 spiro atoms. The molecule has 0 saturated carbocycles. The zero-order valence-electron chi connectivity index (χ0n) is 11.0. The van der Waals surface area contributed by atoms with Crippen molar-refractivity contribution in [2.24, 2.45) is 0 Å². The lowest BCUT2D eigenvalue weighted by atomic mass is 10.0. The largest absolute Gasteiger partial charge is 0.468 e. The van der Waals surface area contributed by atoms with Crippen molar-refractivity contribution in [1.82, 2.24) is 5.32 Å². The second kappa shape index (κ2) is 6.06. The molecule has 1 rings (SSSR count). The molecule has 0 aliphatic carbocycles. The Balaban J connectivity index is 2.99. The van der Waals surface area contributed by atoms with Crippen molar-refractivity contribution in [3.8, 4) is 0 Å². The first-order valence-electron chi connectivity index (χ1n) is 5.69. The molecule has 0 bridgehead atoms. The first kappa shape index (κ1) is 15.5. The van der Waals surface area contributed by atoms with Gasteiger partial charge in [-0.25, -0.2) is 4.79 Å². The van der Waals surface area contributed by atoms with E-state index in [1.807, 2.05) is 19.9 Å². The van der Waals surface area contributed by atoms with Crippen molar-refractivity contribution >= 4 is 5.97 Å². The van der Waals surface area contributed by atoms with Crippen LogP contribution in [0.1, 0.15) is 22.7 Å². The van der Waals surface area contributed by atoms with Gasteiger partial charge in [0.25, 0.3) is 0 Å². The SMILES string of the molecule is COC(=O)C(NCC(F)(F)F)c1cc(C)cc(C)c1. The molecule has 1 aromatic rings. The summed E-state index contributed by atoms with van der Waals surface area (Å²) in [4.78, 5) is 11.6. The molecule has 1 aromatic carbocycles. The van der Waals surface area contributed by atoms with E-state index in [9.17, 15) is 18.0 Å². The van der Waals surface area contributed by atoms with Crippen LogP contribution in [0.5, 0.6) is 0 Å². The number of aryl methyl sites for hydroxylation is 2. The maximum atomic E-state index is 12.2. The predicted octanol–water partition coefficient (Wildman–Crippen LogP) is 2.67. The topological polar surface area (TPSA) is 38.3 Å². The molecular formula is C13H16F3NO2. The lowest BCUT2D eigenvalue weighted by molar-refractivity contribution is -0.146. The highest BCUT2D eigenvalue weighted by Crippen LogP contribution is 2.21. The van der Waals surface area contributed by atoms with Crippen molar-refractivity contribution in [2.45, 2.75) is 26.1 Å². The summed E-state index contributed by atoms with van der Waals surface area (Å²) in [5.74, 6) is -0.741. The third-order valence-electron chi connectivity index (χ3n) is 2.52. The lowest BCUT2D eigenvalue weighted by Crippen LogP contribution is -2.36. The van der Waals surface area contributed by atoms with Crippen molar-refractivity contribution in [3.05, 3.63) is 34.9 Å². The smallest absolute Gasteiger partial charge is 0.401 e. The summed E-state index contributed by atoms with van der Waals surface area (Å²) in [6.45, 7) is 2.38. The quantitative estimate of drug-likeness (QED) is 0.859.